The van der Waals surface area contributed by atoms with Gasteiger partial charge in [0.05, 0.1) is 6.61 Å². The quantitative estimate of drug-likeness (QED) is 0.728. The highest BCUT2D eigenvalue weighted by atomic mass is 35.5. The van der Waals surface area contributed by atoms with Crippen molar-refractivity contribution in [2.24, 2.45) is 0 Å². The normalized spacial score (nSPS) is 18.4. The smallest absolute Gasteiger partial charge is 0.122 e. The fourth-order valence-corrected chi connectivity index (χ4v) is 3.20. The summed E-state index contributed by atoms with van der Waals surface area (Å²) in [4.78, 5) is 0. The lowest BCUT2D eigenvalue weighted by atomic mass is 9.87. The molecule has 0 saturated carbocycles. The van der Waals surface area contributed by atoms with Crippen LogP contribution in [0.1, 0.15) is 34.9 Å². The van der Waals surface area contributed by atoms with Crippen molar-refractivity contribution in [1.29, 1.82) is 0 Å². The van der Waals surface area contributed by atoms with Gasteiger partial charge in [-0.1, -0.05) is 48.0 Å². The number of hydrogen-bond donors (Lipinski definition) is 0. The van der Waals surface area contributed by atoms with Gasteiger partial charge in [-0.05, 0) is 30.9 Å². The second-order valence-electron chi connectivity index (χ2n) is 5.54. The molecule has 2 atom stereocenters. The van der Waals surface area contributed by atoms with Gasteiger partial charge in [0.1, 0.15) is 5.75 Å². The van der Waals surface area contributed by atoms with E-state index >= 15 is 0 Å². The molecule has 0 aromatic heterocycles. The van der Waals surface area contributed by atoms with Crippen LogP contribution in [0, 0.1) is 6.92 Å². The monoisotopic (exact) mass is 286 g/mol. The lowest BCUT2D eigenvalue weighted by molar-refractivity contribution is 0.320. The van der Waals surface area contributed by atoms with E-state index in [-0.39, 0.29) is 0 Å². The van der Waals surface area contributed by atoms with Gasteiger partial charge in [-0.25, -0.2) is 0 Å². The van der Waals surface area contributed by atoms with E-state index in [1.54, 1.807) is 0 Å². The summed E-state index contributed by atoms with van der Waals surface area (Å²) >= 11 is 6.21. The molecular weight excluding hydrogens is 268 g/mol. The Labute approximate surface area is 125 Å². The molecule has 0 spiro atoms. The number of ether oxygens (including phenoxy) is 1. The lowest BCUT2D eigenvalue weighted by Crippen LogP contribution is -2.09. The number of para-hydroxylation sites is 1. The minimum absolute atomic E-state index is 0.386. The van der Waals surface area contributed by atoms with E-state index in [1.807, 2.05) is 6.07 Å². The Morgan fingerprint density at radius 1 is 1.15 bits per heavy atom. The highest BCUT2D eigenvalue weighted by Gasteiger charge is 2.26. The summed E-state index contributed by atoms with van der Waals surface area (Å²) in [6.45, 7) is 2.89. The predicted molar refractivity (Wildman–Crippen MR) is 83.9 cm³/mol. The molecule has 1 aliphatic heterocycles. The first-order chi connectivity index (χ1) is 9.78. The third-order valence-electron chi connectivity index (χ3n) is 4.10. The molecule has 20 heavy (non-hydrogen) atoms. The van der Waals surface area contributed by atoms with Gasteiger partial charge in [0.15, 0.2) is 0 Å². The zero-order chi connectivity index (χ0) is 13.9. The maximum Gasteiger partial charge on any atom is 0.122 e. The van der Waals surface area contributed by atoms with E-state index in [1.165, 1.54) is 16.7 Å². The summed E-state index contributed by atoms with van der Waals surface area (Å²) < 4.78 is 5.77. The largest absolute Gasteiger partial charge is 0.493 e. The van der Waals surface area contributed by atoms with Crippen molar-refractivity contribution in [3.8, 4) is 5.75 Å². The van der Waals surface area contributed by atoms with Crippen molar-refractivity contribution in [2.75, 3.05) is 12.5 Å². The molecule has 0 amide bonds. The average molecular weight is 287 g/mol. The van der Waals surface area contributed by atoms with Gasteiger partial charge in [0.2, 0.25) is 0 Å². The van der Waals surface area contributed by atoms with Gasteiger partial charge in [0.25, 0.3) is 0 Å². The summed E-state index contributed by atoms with van der Waals surface area (Å²) in [5.41, 5.74) is 3.95. The Morgan fingerprint density at radius 2 is 1.90 bits per heavy atom. The first-order valence-electron chi connectivity index (χ1n) is 7.12. The van der Waals surface area contributed by atoms with Crippen LogP contribution >= 0.6 is 11.6 Å². The molecule has 3 rings (SSSR count). The molecule has 2 heteroatoms. The van der Waals surface area contributed by atoms with E-state index < -0.39 is 0 Å². The van der Waals surface area contributed by atoms with E-state index in [4.69, 9.17) is 16.3 Å². The number of hydrogen-bond acceptors (Lipinski definition) is 1. The van der Waals surface area contributed by atoms with Gasteiger partial charge >= 0.3 is 0 Å². The molecule has 0 N–H and O–H groups in total. The first-order valence-corrected chi connectivity index (χ1v) is 7.65. The van der Waals surface area contributed by atoms with Crippen LogP contribution in [0.5, 0.6) is 5.75 Å². The number of fused-ring (bicyclic) bond motifs is 1. The van der Waals surface area contributed by atoms with Gasteiger partial charge in [-0.15, -0.1) is 11.6 Å². The van der Waals surface area contributed by atoms with Crippen LogP contribution in [0.2, 0.25) is 0 Å². The molecule has 0 bridgehead atoms. The minimum atomic E-state index is 0.386. The zero-order valence-electron chi connectivity index (χ0n) is 11.7. The topological polar surface area (TPSA) is 9.23 Å². The number of halogens is 1. The second kappa shape index (κ2) is 5.88. The Bertz CT molecular complexity index is 576. The van der Waals surface area contributed by atoms with Crippen molar-refractivity contribution in [2.45, 2.75) is 25.2 Å². The molecule has 0 radical (unpaired) electrons. The maximum absolute atomic E-state index is 6.21. The highest BCUT2D eigenvalue weighted by molar-refractivity contribution is 6.18. The highest BCUT2D eigenvalue weighted by Crippen LogP contribution is 2.39. The molecular formula is C18H19ClO. The molecule has 2 aromatic carbocycles. The predicted octanol–water partition coefficient (Wildman–Crippen LogP) is 4.88. The van der Waals surface area contributed by atoms with Gasteiger partial charge in [-0.2, -0.15) is 0 Å². The summed E-state index contributed by atoms with van der Waals surface area (Å²) in [7, 11) is 0. The van der Waals surface area contributed by atoms with E-state index in [0.29, 0.717) is 17.7 Å². The van der Waals surface area contributed by atoms with E-state index in [9.17, 15) is 0 Å². The minimum Gasteiger partial charge on any atom is -0.493 e. The lowest BCUT2D eigenvalue weighted by Gasteiger charge is -2.18. The van der Waals surface area contributed by atoms with E-state index in [0.717, 1.165) is 18.8 Å². The van der Waals surface area contributed by atoms with Gasteiger partial charge in [-0.3, -0.25) is 0 Å². The molecule has 0 fully saturated rings. The molecule has 0 saturated heterocycles. The van der Waals surface area contributed by atoms with Crippen molar-refractivity contribution in [1.82, 2.24) is 0 Å². The second-order valence-corrected chi connectivity index (χ2v) is 5.85. The Hall–Kier alpha value is -1.47. The third kappa shape index (κ3) is 2.69. The SMILES string of the molecule is Cc1ccc(C(CCl)CC2COc3ccccc32)cc1. The third-order valence-corrected chi connectivity index (χ3v) is 4.48. The number of rotatable bonds is 4. The molecule has 1 heterocycles. The Kier molecular flexibility index (Phi) is 3.98. The first kappa shape index (κ1) is 13.5. The van der Waals surface area contributed by atoms with Crippen molar-refractivity contribution in [3.05, 3.63) is 65.2 Å². The summed E-state index contributed by atoms with van der Waals surface area (Å²) in [5.74, 6) is 2.53. The molecule has 1 aliphatic rings. The fraction of sp³-hybridized carbons (Fsp3) is 0.333. The molecule has 1 nitrogen and oxygen atoms in total. The fourth-order valence-electron chi connectivity index (χ4n) is 2.89. The number of benzene rings is 2. The van der Waals surface area contributed by atoms with Crippen LogP contribution in [0.15, 0.2) is 48.5 Å². The van der Waals surface area contributed by atoms with Crippen LogP contribution in [0.4, 0.5) is 0 Å². The standard InChI is InChI=1S/C18H19ClO/c1-13-6-8-14(9-7-13)15(11-19)10-16-12-20-18-5-3-2-4-17(16)18/h2-9,15-16H,10-12H2,1H3. The van der Waals surface area contributed by atoms with Crippen LogP contribution < -0.4 is 4.74 Å². The summed E-state index contributed by atoms with van der Waals surface area (Å²) in [6.07, 6.45) is 1.05. The van der Waals surface area contributed by atoms with E-state index in [2.05, 4.69) is 49.4 Å². The van der Waals surface area contributed by atoms with Gasteiger partial charge in [0, 0.05) is 17.4 Å². The van der Waals surface area contributed by atoms with Crippen LogP contribution in [0.25, 0.3) is 0 Å². The Morgan fingerprint density at radius 3 is 2.65 bits per heavy atom. The maximum atomic E-state index is 6.21. The number of alkyl halides is 1. The van der Waals surface area contributed by atoms with Crippen molar-refractivity contribution in [3.63, 3.8) is 0 Å². The van der Waals surface area contributed by atoms with Crippen LogP contribution in [-0.4, -0.2) is 12.5 Å². The van der Waals surface area contributed by atoms with Crippen molar-refractivity contribution < 1.29 is 4.74 Å². The molecule has 2 aromatic rings. The number of aryl methyl sites for hydroxylation is 1. The molecule has 2 unspecified atom stereocenters. The molecule has 0 aliphatic carbocycles. The zero-order valence-corrected chi connectivity index (χ0v) is 12.4. The molecule has 104 valence electrons. The van der Waals surface area contributed by atoms with Crippen molar-refractivity contribution >= 4 is 11.6 Å². The van der Waals surface area contributed by atoms with Gasteiger partial charge < -0.3 is 4.74 Å². The summed E-state index contributed by atoms with van der Waals surface area (Å²) in [5, 5.41) is 0. The van der Waals surface area contributed by atoms with Crippen LogP contribution in [0.3, 0.4) is 0 Å². The summed E-state index contributed by atoms with van der Waals surface area (Å²) in [6, 6.07) is 17.1. The van der Waals surface area contributed by atoms with Crippen LogP contribution in [-0.2, 0) is 0 Å². The average Bonchev–Trinajstić information content (AvgIpc) is 2.89. The Balaban J connectivity index is 1.78.